The van der Waals surface area contributed by atoms with Crippen LogP contribution >= 0.6 is 23.2 Å². The van der Waals surface area contributed by atoms with Crippen molar-refractivity contribution in [1.29, 1.82) is 0 Å². The van der Waals surface area contributed by atoms with Gasteiger partial charge in [-0.1, -0.05) is 77.6 Å². The van der Waals surface area contributed by atoms with Gasteiger partial charge in [0.15, 0.2) is 0 Å². The maximum atomic E-state index is 10.8. The van der Waals surface area contributed by atoms with E-state index in [9.17, 15) is 10.2 Å². The van der Waals surface area contributed by atoms with E-state index < -0.39 is 0 Å². The van der Waals surface area contributed by atoms with Crippen molar-refractivity contribution in [3.63, 3.8) is 0 Å². The van der Waals surface area contributed by atoms with E-state index in [4.69, 9.17) is 33.2 Å². The topological polar surface area (TPSA) is 65.2 Å². The van der Waals surface area contributed by atoms with Gasteiger partial charge in [-0.05, 0) is 47.9 Å². The second-order valence-corrected chi connectivity index (χ2v) is 12.1. The quantitative estimate of drug-likeness (QED) is 0.357. The van der Waals surface area contributed by atoms with Crippen molar-refractivity contribution in [2.75, 3.05) is 0 Å². The smallest absolute Gasteiger partial charge is 0.128 e. The molecule has 8 heteroatoms. The van der Waals surface area contributed by atoms with Crippen molar-refractivity contribution in [2.45, 2.75) is 90.1 Å². The van der Waals surface area contributed by atoms with Gasteiger partial charge < -0.3 is 34.2 Å². The van der Waals surface area contributed by atoms with Gasteiger partial charge in [0.25, 0.3) is 0 Å². The van der Waals surface area contributed by atoms with Crippen molar-refractivity contribution in [3.8, 4) is 11.5 Å². The van der Waals surface area contributed by atoms with Gasteiger partial charge in [-0.15, -0.1) is 0 Å². The molecular formula is C28H36Cl2CoIN2O2-. The zero-order chi connectivity index (χ0) is 25.3. The molecule has 1 saturated carbocycles. The molecule has 2 N–H and O–H groups in total. The second kappa shape index (κ2) is 13.3. The molecule has 1 radical (unpaired) electrons. The molecule has 2 atom stereocenters. The van der Waals surface area contributed by atoms with Crippen molar-refractivity contribution in [3.05, 3.63) is 56.6 Å². The molecule has 0 saturated heterocycles. The van der Waals surface area contributed by atoms with E-state index in [0.29, 0.717) is 21.2 Å². The van der Waals surface area contributed by atoms with Crippen LogP contribution in [0.1, 0.15) is 89.5 Å². The predicted molar refractivity (Wildman–Crippen MR) is 145 cm³/mol. The van der Waals surface area contributed by atoms with Crippen molar-refractivity contribution >= 4 is 35.6 Å². The van der Waals surface area contributed by atoms with Gasteiger partial charge in [-0.2, -0.15) is 0 Å². The van der Waals surface area contributed by atoms with Crippen LogP contribution in [0.2, 0.25) is 10.0 Å². The standard InChI is InChI=1S/C28H36Cl2N2O2.Co.HI/c1-27(2,3)21-13-19(29)11-17(25(21)33)15-31-23-9-7-8-10-24(23)32-16-18-12-20(30)14-22(26(18)34)28(4,5)6;;/h11-16,23-24,33-34H,7-10H2,1-6H3;;1H/p-1/t23-,24-;;/m1../s1. The molecule has 201 valence electrons. The predicted octanol–water partition coefficient (Wildman–Crippen LogP) is 4.85. The molecule has 3 rings (SSSR count). The van der Waals surface area contributed by atoms with E-state index in [1.807, 2.05) is 53.7 Å². The Morgan fingerprint density at radius 2 is 1.06 bits per heavy atom. The Kier molecular flexibility index (Phi) is 12.3. The zero-order valence-corrected chi connectivity index (χ0v) is 26.4. The van der Waals surface area contributed by atoms with Crippen molar-refractivity contribution in [1.82, 2.24) is 0 Å². The molecule has 0 aliphatic heterocycles. The first-order valence-electron chi connectivity index (χ1n) is 11.9. The molecule has 0 bridgehead atoms. The van der Waals surface area contributed by atoms with Crippen molar-refractivity contribution < 1.29 is 51.0 Å². The van der Waals surface area contributed by atoms with Gasteiger partial charge in [-0.25, -0.2) is 0 Å². The van der Waals surface area contributed by atoms with Crippen molar-refractivity contribution in [2.24, 2.45) is 9.98 Å². The van der Waals surface area contributed by atoms with Gasteiger partial charge in [0.1, 0.15) is 11.5 Å². The molecule has 0 aromatic heterocycles. The van der Waals surface area contributed by atoms with E-state index in [1.54, 1.807) is 24.6 Å². The van der Waals surface area contributed by atoms with Crippen LogP contribution in [0.15, 0.2) is 34.3 Å². The Balaban J connectivity index is 0.00000324. The van der Waals surface area contributed by atoms with Crippen LogP contribution < -0.4 is 24.0 Å². The second-order valence-electron chi connectivity index (χ2n) is 11.3. The minimum atomic E-state index is -0.236. The first kappa shape index (κ1) is 33.2. The van der Waals surface area contributed by atoms with Gasteiger partial charge in [-0.3, -0.25) is 9.98 Å². The van der Waals surface area contributed by atoms with E-state index in [0.717, 1.165) is 36.8 Å². The van der Waals surface area contributed by atoms with Crippen LogP contribution in [0.25, 0.3) is 0 Å². The monoisotopic (exact) mass is 688 g/mol. The molecule has 2 aromatic carbocycles. The number of nitrogens with zero attached hydrogens (tertiary/aromatic N) is 2. The number of aromatic hydroxyl groups is 2. The fourth-order valence-corrected chi connectivity index (χ4v) is 4.83. The van der Waals surface area contributed by atoms with Crippen LogP contribution in [-0.4, -0.2) is 34.7 Å². The summed E-state index contributed by atoms with van der Waals surface area (Å²) in [5, 5.41) is 22.8. The molecule has 1 aliphatic carbocycles. The van der Waals surface area contributed by atoms with E-state index in [2.05, 4.69) is 0 Å². The summed E-state index contributed by atoms with van der Waals surface area (Å²) in [7, 11) is 0. The van der Waals surface area contributed by atoms with Crippen LogP contribution in [0.5, 0.6) is 11.5 Å². The Morgan fingerprint density at radius 3 is 1.36 bits per heavy atom. The Bertz CT molecular complexity index is 1020. The number of aliphatic imine (C=N–C) groups is 2. The summed E-state index contributed by atoms with van der Waals surface area (Å²) in [6, 6.07) is 7.09. The largest absolute Gasteiger partial charge is 1.00 e. The first-order chi connectivity index (χ1) is 15.8. The van der Waals surface area contributed by atoms with E-state index in [1.165, 1.54) is 0 Å². The molecule has 4 nitrogen and oxygen atoms in total. The number of rotatable bonds is 4. The Morgan fingerprint density at radius 1 is 0.722 bits per heavy atom. The van der Waals surface area contributed by atoms with E-state index >= 15 is 0 Å². The average molecular weight is 689 g/mol. The van der Waals surface area contributed by atoms with Gasteiger partial charge in [0, 0.05) is 61.5 Å². The summed E-state index contributed by atoms with van der Waals surface area (Å²) < 4.78 is 0. The molecule has 36 heavy (non-hydrogen) atoms. The molecule has 2 aromatic rings. The molecule has 1 fully saturated rings. The Labute approximate surface area is 253 Å². The third-order valence-electron chi connectivity index (χ3n) is 6.33. The van der Waals surface area contributed by atoms with Gasteiger partial charge >= 0.3 is 0 Å². The fraction of sp³-hybridized carbons (Fsp3) is 0.500. The number of hydrogen-bond donors (Lipinski definition) is 2. The number of phenolic OH excluding ortho intramolecular Hbond substituents is 2. The molecule has 0 amide bonds. The summed E-state index contributed by atoms with van der Waals surface area (Å²) in [4.78, 5) is 9.65. The third-order valence-corrected chi connectivity index (χ3v) is 6.76. The van der Waals surface area contributed by atoms with Crippen LogP contribution in [0.4, 0.5) is 0 Å². The maximum absolute atomic E-state index is 10.8. The SMILES string of the molecule is CC(C)(C)c1cc(Cl)cc(C=N[C@@H]2CCCC[C@H]2N=Cc2cc(Cl)cc(C(C)(C)C)c2O)c1O.[Co].[I-]. The molecule has 0 spiro atoms. The number of hydrogen-bond acceptors (Lipinski definition) is 4. The minimum absolute atomic E-state index is 0. The normalized spacial score (nSPS) is 18.8. The number of phenols is 2. The fourth-order valence-electron chi connectivity index (χ4n) is 4.37. The number of benzene rings is 2. The first-order valence-corrected chi connectivity index (χ1v) is 12.7. The maximum Gasteiger partial charge on any atom is 0.128 e. The van der Waals surface area contributed by atoms with Crippen LogP contribution in [0.3, 0.4) is 0 Å². The molecule has 1 aliphatic rings. The van der Waals surface area contributed by atoms with Gasteiger partial charge in [0.05, 0.1) is 12.1 Å². The minimum Gasteiger partial charge on any atom is -1.00 e. The molecule has 0 heterocycles. The summed E-state index contributed by atoms with van der Waals surface area (Å²) >= 11 is 12.7. The molecular weight excluding hydrogens is 653 g/mol. The summed E-state index contributed by atoms with van der Waals surface area (Å²) in [5.41, 5.74) is 2.36. The zero-order valence-electron chi connectivity index (χ0n) is 21.7. The molecule has 0 unspecified atom stereocenters. The van der Waals surface area contributed by atoms with E-state index in [-0.39, 0.29) is 75.2 Å². The Hall–Kier alpha value is -0.804. The summed E-state index contributed by atoms with van der Waals surface area (Å²) in [6.45, 7) is 12.3. The summed E-state index contributed by atoms with van der Waals surface area (Å²) in [6.07, 6.45) is 7.45. The average Bonchev–Trinajstić information content (AvgIpc) is 2.73. The van der Waals surface area contributed by atoms with Gasteiger partial charge in [0.2, 0.25) is 0 Å². The van der Waals surface area contributed by atoms with Crippen LogP contribution in [0, 0.1) is 0 Å². The van der Waals surface area contributed by atoms with Crippen LogP contribution in [-0.2, 0) is 27.6 Å². The third kappa shape index (κ3) is 8.35. The summed E-state index contributed by atoms with van der Waals surface area (Å²) in [5.74, 6) is 0.435. The number of halogens is 3.